The van der Waals surface area contributed by atoms with Crippen molar-refractivity contribution in [3.63, 3.8) is 0 Å². The van der Waals surface area contributed by atoms with E-state index in [0.717, 1.165) is 41.5 Å². The molecule has 1 atom stereocenters. The number of rotatable bonds is 4. The van der Waals surface area contributed by atoms with Crippen LogP contribution in [0.1, 0.15) is 35.7 Å². The normalized spacial score (nSPS) is 16.9. The van der Waals surface area contributed by atoms with Crippen molar-refractivity contribution in [2.24, 2.45) is 0 Å². The van der Waals surface area contributed by atoms with Crippen molar-refractivity contribution in [3.8, 4) is 5.75 Å². The van der Waals surface area contributed by atoms with Crippen molar-refractivity contribution >= 4 is 16.9 Å². The van der Waals surface area contributed by atoms with Gasteiger partial charge < -0.3 is 14.6 Å². The van der Waals surface area contributed by atoms with Gasteiger partial charge in [-0.25, -0.2) is 4.98 Å². The molecule has 0 aliphatic heterocycles. The lowest BCUT2D eigenvalue weighted by atomic mass is 9.87. The number of hydrogen-bond acceptors (Lipinski definition) is 6. The Labute approximate surface area is 142 Å². The van der Waals surface area contributed by atoms with Gasteiger partial charge in [0, 0.05) is 0 Å². The molecule has 0 saturated carbocycles. The summed E-state index contributed by atoms with van der Waals surface area (Å²) in [6.07, 6.45) is 4.12. The molecule has 0 spiro atoms. The number of aromatic nitrogens is 3. The highest BCUT2D eigenvalue weighted by Gasteiger charge is 2.23. The van der Waals surface area contributed by atoms with Gasteiger partial charge in [0.2, 0.25) is 0 Å². The minimum atomic E-state index is -2.82. The molecule has 2 heterocycles. The average Bonchev–Trinajstić information content (AvgIpc) is 2.97. The Hall–Kier alpha value is -2.77. The number of halogens is 2. The Bertz CT molecular complexity index is 913. The first-order valence-corrected chi connectivity index (χ1v) is 8.03. The smallest absolute Gasteiger partial charge is 0.387 e. The Morgan fingerprint density at radius 3 is 3.04 bits per heavy atom. The van der Waals surface area contributed by atoms with Crippen LogP contribution >= 0.6 is 0 Å². The topological polar surface area (TPSA) is 73.1 Å². The molecule has 4 rings (SSSR count). The van der Waals surface area contributed by atoms with Crippen LogP contribution in [0.2, 0.25) is 0 Å². The maximum atomic E-state index is 12.4. The fraction of sp³-hybridized carbons (Fsp3) is 0.353. The van der Waals surface area contributed by atoms with Gasteiger partial charge in [0.1, 0.15) is 23.3 Å². The van der Waals surface area contributed by atoms with E-state index in [0.29, 0.717) is 11.5 Å². The van der Waals surface area contributed by atoms with E-state index in [9.17, 15) is 8.78 Å². The molecule has 2 aromatic heterocycles. The predicted octanol–water partition coefficient (Wildman–Crippen LogP) is 4.02. The number of hydrogen-bond donors (Lipinski definition) is 1. The standard InChI is InChI=1S/C17H16F2N4O2/c1-9-14-15(20-8-21-16(14)25-23-9)22-13-4-2-3-10-7-11(24-17(18)19)5-6-12(10)13/h5-8,13,17H,2-4H2,1H3,(H,20,21,22). The van der Waals surface area contributed by atoms with Crippen molar-refractivity contribution < 1.29 is 18.0 Å². The van der Waals surface area contributed by atoms with E-state index in [1.807, 2.05) is 13.0 Å². The molecule has 1 N–H and O–H groups in total. The lowest BCUT2D eigenvalue weighted by molar-refractivity contribution is -0.0499. The molecule has 25 heavy (non-hydrogen) atoms. The first-order valence-electron chi connectivity index (χ1n) is 8.03. The Morgan fingerprint density at radius 1 is 1.32 bits per heavy atom. The molecule has 0 radical (unpaired) electrons. The lowest BCUT2D eigenvalue weighted by Crippen LogP contribution is -2.18. The molecule has 8 heteroatoms. The molecule has 0 saturated heterocycles. The summed E-state index contributed by atoms with van der Waals surface area (Å²) in [4.78, 5) is 8.39. The third-order valence-corrected chi connectivity index (χ3v) is 4.41. The van der Waals surface area contributed by atoms with Crippen molar-refractivity contribution in [2.45, 2.75) is 38.8 Å². The van der Waals surface area contributed by atoms with Crippen molar-refractivity contribution in [1.29, 1.82) is 0 Å². The summed E-state index contributed by atoms with van der Waals surface area (Å²) in [5, 5.41) is 8.11. The summed E-state index contributed by atoms with van der Waals surface area (Å²) < 4.78 is 34.5. The maximum absolute atomic E-state index is 12.4. The number of fused-ring (bicyclic) bond motifs is 2. The first kappa shape index (κ1) is 15.7. The molecule has 130 valence electrons. The zero-order valence-corrected chi connectivity index (χ0v) is 13.5. The minimum Gasteiger partial charge on any atom is -0.435 e. The van der Waals surface area contributed by atoms with Gasteiger partial charge in [0.15, 0.2) is 0 Å². The van der Waals surface area contributed by atoms with E-state index < -0.39 is 6.61 Å². The van der Waals surface area contributed by atoms with Gasteiger partial charge in [-0.2, -0.15) is 13.8 Å². The zero-order chi connectivity index (χ0) is 17.4. The molecule has 1 aliphatic carbocycles. The number of nitrogens with one attached hydrogen (secondary N) is 1. The van der Waals surface area contributed by atoms with Crippen LogP contribution in [-0.2, 0) is 6.42 Å². The summed E-state index contributed by atoms with van der Waals surface area (Å²) in [5.41, 5.74) is 3.23. The minimum absolute atomic E-state index is 0.0248. The summed E-state index contributed by atoms with van der Waals surface area (Å²) in [7, 11) is 0. The SMILES string of the molecule is Cc1noc2ncnc(NC3CCCc4cc(OC(F)F)ccc43)c12. The quantitative estimate of drug-likeness (QED) is 0.769. The number of anilines is 1. The van der Waals surface area contributed by atoms with Crippen LogP contribution in [0.5, 0.6) is 5.75 Å². The molecule has 6 nitrogen and oxygen atoms in total. The monoisotopic (exact) mass is 346 g/mol. The second-order valence-corrected chi connectivity index (χ2v) is 6.00. The summed E-state index contributed by atoms with van der Waals surface area (Å²) in [6.45, 7) is -0.982. The average molecular weight is 346 g/mol. The van der Waals surface area contributed by atoms with Gasteiger partial charge in [0.05, 0.1) is 11.7 Å². The van der Waals surface area contributed by atoms with Crippen LogP contribution in [0.4, 0.5) is 14.6 Å². The first-order chi connectivity index (χ1) is 12.1. The number of aryl methyl sites for hydroxylation is 2. The van der Waals surface area contributed by atoms with Crippen LogP contribution in [0.3, 0.4) is 0 Å². The van der Waals surface area contributed by atoms with E-state index in [4.69, 9.17) is 4.52 Å². The highest BCUT2D eigenvalue weighted by atomic mass is 19.3. The van der Waals surface area contributed by atoms with Crippen molar-refractivity contribution in [2.75, 3.05) is 5.32 Å². The van der Waals surface area contributed by atoms with Crippen molar-refractivity contribution in [1.82, 2.24) is 15.1 Å². The lowest BCUT2D eigenvalue weighted by Gasteiger charge is -2.27. The zero-order valence-electron chi connectivity index (χ0n) is 13.5. The molecule has 1 aromatic carbocycles. The Morgan fingerprint density at radius 2 is 2.20 bits per heavy atom. The van der Waals surface area contributed by atoms with Gasteiger partial charge in [-0.3, -0.25) is 0 Å². The molecule has 3 aromatic rings. The van der Waals surface area contributed by atoms with Gasteiger partial charge in [-0.1, -0.05) is 11.2 Å². The number of ether oxygens (including phenoxy) is 1. The maximum Gasteiger partial charge on any atom is 0.387 e. The van der Waals surface area contributed by atoms with Crippen LogP contribution in [-0.4, -0.2) is 21.7 Å². The van der Waals surface area contributed by atoms with Crippen LogP contribution in [0.15, 0.2) is 29.0 Å². The Balaban J connectivity index is 1.65. The molecule has 0 fully saturated rings. The van der Waals surface area contributed by atoms with E-state index in [1.54, 1.807) is 12.1 Å². The summed E-state index contributed by atoms with van der Waals surface area (Å²) >= 11 is 0. The third-order valence-electron chi connectivity index (χ3n) is 4.41. The highest BCUT2D eigenvalue weighted by molar-refractivity contribution is 5.87. The van der Waals surface area contributed by atoms with E-state index in [1.165, 1.54) is 6.33 Å². The van der Waals surface area contributed by atoms with E-state index in [-0.39, 0.29) is 11.8 Å². The third kappa shape index (κ3) is 2.99. The largest absolute Gasteiger partial charge is 0.435 e. The number of alkyl halides is 2. The van der Waals surface area contributed by atoms with Gasteiger partial charge >= 0.3 is 6.61 Å². The molecule has 0 amide bonds. The van der Waals surface area contributed by atoms with Gasteiger partial charge in [0.25, 0.3) is 5.71 Å². The molecule has 1 unspecified atom stereocenters. The van der Waals surface area contributed by atoms with E-state index >= 15 is 0 Å². The van der Waals surface area contributed by atoms with Crippen LogP contribution in [0, 0.1) is 6.92 Å². The summed E-state index contributed by atoms with van der Waals surface area (Å²) in [5.74, 6) is 0.850. The van der Waals surface area contributed by atoms with Crippen molar-refractivity contribution in [3.05, 3.63) is 41.3 Å². The highest BCUT2D eigenvalue weighted by Crippen LogP contribution is 2.36. The van der Waals surface area contributed by atoms with Gasteiger partial charge in [-0.05, 0) is 49.4 Å². The second kappa shape index (κ2) is 6.27. The fourth-order valence-electron chi connectivity index (χ4n) is 3.31. The summed E-state index contributed by atoms with van der Waals surface area (Å²) in [6, 6.07) is 5.13. The second-order valence-electron chi connectivity index (χ2n) is 6.00. The fourth-order valence-corrected chi connectivity index (χ4v) is 3.31. The molecular formula is C17H16F2N4O2. The number of benzene rings is 1. The van der Waals surface area contributed by atoms with Gasteiger partial charge in [-0.15, -0.1) is 0 Å². The Kier molecular flexibility index (Phi) is 3.95. The van der Waals surface area contributed by atoms with E-state index in [2.05, 4.69) is 25.2 Å². The van der Waals surface area contributed by atoms with Crippen LogP contribution < -0.4 is 10.1 Å². The number of nitrogens with zero attached hydrogens (tertiary/aromatic N) is 3. The molecule has 0 bridgehead atoms. The van der Waals surface area contributed by atoms with Crippen LogP contribution in [0.25, 0.3) is 11.1 Å². The predicted molar refractivity (Wildman–Crippen MR) is 86.7 cm³/mol. The molecule has 1 aliphatic rings. The molecular weight excluding hydrogens is 330 g/mol.